The van der Waals surface area contributed by atoms with Crippen LogP contribution < -0.4 is 16.0 Å². The molecule has 0 fully saturated rings. The van der Waals surface area contributed by atoms with E-state index >= 15 is 0 Å². The Balaban J connectivity index is 2.02. The van der Waals surface area contributed by atoms with Crippen molar-refractivity contribution in [3.63, 3.8) is 0 Å². The maximum absolute atomic E-state index is 5.71. The summed E-state index contributed by atoms with van der Waals surface area (Å²) in [6.45, 7) is 4.86. The minimum atomic E-state index is 0.499. The van der Waals surface area contributed by atoms with E-state index in [2.05, 4.69) is 48.5 Å². The summed E-state index contributed by atoms with van der Waals surface area (Å²) in [5.41, 5.74) is 4.97. The third-order valence-corrected chi connectivity index (χ3v) is 2.95. The van der Waals surface area contributed by atoms with Gasteiger partial charge in [0.1, 0.15) is 6.61 Å². The maximum atomic E-state index is 5.71. The summed E-state index contributed by atoms with van der Waals surface area (Å²) < 4.78 is 5.71. The Morgan fingerprint density at radius 1 is 1.21 bits per heavy atom. The lowest BCUT2D eigenvalue weighted by molar-refractivity contribution is 0.306. The van der Waals surface area contributed by atoms with Crippen molar-refractivity contribution in [1.82, 2.24) is 4.98 Å². The molecule has 4 nitrogen and oxygen atoms in total. The maximum Gasteiger partial charge on any atom is 0.182 e. The van der Waals surface area contributed by atoms with Crippen molar-refractivity contribution < 1.29 is 4.74 Å². The molecule has 1 aromatic heterocycles. The molecule has 4 heteroatoms. The molecule has 2 rings (SSSR count). The molecule has 19 heavy (non-hydrogen) atoms. The van der Waals surface area contributed by atoms with Crippen LogP contribution in [0, 0.1) is 0 Å². The van der Waals surface area contributed by atoms with Gasteiger partial charge >= 0.3 is 0 Å². The Labute approximate surface area is 113 Å². The Kier molecular flexibility index (Phi) is 4.36. The van der Waals surface area contributed by atoms with Gasteiger partial charge in [-0.3, -0.25) is 0 Å². The third-order valence-electron chi connectivity index (χ3n) is 2.95. The van der Waals surface area contributed by atoms with Gasteiger partial charge in [0, 0.05) is 6.20 Å². The predicted molar refractivity (Wildman–Crippen MR) is 76.9 cm³/mol. The van der Waals surface area contributed by atoms with Crippen molar-refractivity contribution in [3.8, 4) is 5.75 Å². The average Bonchev–Trinajstić information content (AvgIpc) is 2.45. The van der Waals surface area contributed by atoms with Crippen molar-refractivity contribution in [2.24, 2.45) is 5.84 Å². The number of anilines is 1. The van der Waals surface area contributed by atoms with Crippen LogP contribution in [0.4, 0.5) is 5.82 Å². The van der Waals surface area contributed by atoms with Crippen LogP contribution in [-0.2, 0) is 6.61 Å². The smallest absolute Gasteiger partial charge is 0.182 e. The molecule has 3 N–H and O–H groups in total. The van der Waals surface area contributed by atoms with Crippen LogP contribution in [0.25, 0.3) is 0 Å². The van der Waals surface area contributed by atoms with Crippen LogP contribution in [0.1, 0.15) is 30.9 Å². The zero-order valence-electron chi connectivity index (χ0n) is 11.3. The standard InChI is InChI=1S/C15H19N3O/c1-11(2)13-7-5-12(6-8-13)10-19-14-4-3-9-17-15(14)18-16/h3-9,11H,10,16H2,1-2H3,(H,17,18). The lowest BCUT2D eigenvalue weighted by atomic mass is 10.0. The topological polar surface area (TPSA) is 60.2 Å². The summed E-state index contributed by atoms with van der Waals surface area (Å²) in [7, 11) is 0. The van der Waals surface area contributed by atoms with E-state index < -0.39 is 0 Å². The summed E-state index contributed by atoms with van der Waals surface area (Å²) in [5, 5.41) is 0. The molecule has 0 spiro atoms. The van der Waals surface area contributed by atoms with E-state index in [1.165, 1.54) is 5.56 Å². The van der Waals surface area contributed by atoms with Crippen LogP contribution in [0.5, 0.6) is 5.75 Å². The number of rotatable bonds is 5. The monoisotopic (exact) mass is 257 g/mol. The van der Waals surface area contributed by atoms with Crippen molar-refractivity contribution in [3.05, 3.63) is 53.7 Å². The quantitative estimate of drug-likeness (QED) is 0.638. The highest BCUT2D eigenvalue weighted by atomic mass is 16.5. The van der Waals surface area contributed by atoms with Crippen LogP contribution in [0.15, 0.2) is 42.6 Å². The van der Waals surface area contributed by atoms with E-state index in [0.717, 1.165) is 5.56 Å². The normalized spacial score (nSPS) is 10.5. The van der Waals surface area contributed by atoms with Gasteiger partial charge in [-0.1, -0.05) is 38.1 Å². The van der Waals surface area contributed by atoms with E-state index in [9.17, 15) is 0 Å². The van der Waals surface area contributed by atoms with Gasteiger partial charge in [-0.15, -0.1) is 0 Å². The molecule has 0 aliphatic carbocycles. The number of ether oxygens (including phenoxy) is 1. The number of nitrogen functional groups attached to an aromatic ring is 1. The second-order valence-electron chi connectivity index (χ2n) is 4.68. The van der Waals surface area contributed by atoms with Gasteiger partial charge in [-0.05, 0) is 29.2 Å². The van der Waals surface area contributed by atoms with Gasteiger partial charge in [0.2, 0.25) is 0 Å². The molecule has 1 aromatic carbocycles. The molecule has 100 valence electrons. The number of aromatic nitrogens is 1. The van der Waals surface area contributed by atoms with Gasteiger partial charge in [-0.25, -0.2) is 10.8 Å². The highest BCUT2D eigenvalue weighted by molar-refractivity contribution is 5.48. The van der Waals surface area contributed by atoms with Crippen molar-refractivity contribution >= 4 is 5.82 Å². The van der Waals surface area contributed by atoms with Gasteiger partial charge in [0.15, 0.2) is 11.6 Å². The number of pyridine rings is 1. The summed E-state index contributed by atoms with van der Waals surface area (Å²) >= 11 is 0. The minimum Gasteiger partial charge on any atom is -0.485 e. The Morgan fingerprint density at radius 2 is 1.95 bits per heavy atom. The number of hydrazine groups is 1. The molecule has 0 unspecified atom stereocenters. The molecule has 2 aromatic rings. The molecule has 0 aliphatic rings. The number of hydrogen-bond donors (Lipinski definition) is 2. The first-order valence-corrected chi connectivity index (χ1v) is 6.34. The number of nitrogens with two attached hydrogens (primary N) is 1. The zero-order chi connectivity index (χ0) is 13.7. The van der Waals surface area contributed by atoms with E-state index in [1.54, 1.807) is 6.20 Å². The fourth-order valence-corrected chi connectivity index (χ4v) is 1.78. The molecular formula is C15H19N3O. The predicted octanol–water partition coefficient (Wildman–Crippen LogP) is 3.07. The second kappa shape index (κ2) is 6.20. The molecule has 1 heterocycles. The minimum absolute atomic E-state index is 0.499. The van der Waals surface area contributed by atoms with E-state index in [-0.39, 0.29) is 0 Å². The summed E-state index contributed by atoms with van der Waals surface area (Å²) in [6.07, 6.45) is 1.67. The molecule has 0 aliphatic heterocycles. The van der Waals surface area contributed by atoms with Crippen molar-refractivity contribution in [2.45, 2.75) is 26.4 Å². The zero-order valence-corrected chi connectivity index (χ0v) is 11.3. The molecule has 0 saturated heterocycles. The fraction of sp³-hybridized carbons (Fsp3) is 0.267. The Bertz CT molecular complexity index is 523. The fourth-order valence-electron chi connectivity index (χ4n) is 1.78. The molecule has 0 saturated carbocycles. The van der Waals surface area contributed by atoms with Gasteiger partial charge < -0.3 is 10.2 Å². The van der Waals surface area contributed by atoms with Gasteiger partial charge in [-0.2, -0.15) is 0 Å². The Morgan fingerprint density at radius 3 is 2.58 bits per heavy atom. The number of nitrogens with zero attached hydrogens (tertiary/aromatic N) is 1. The summed E-state index contributed by atoms with van der Waals surface area (Å²) in [4.78, 5) is 4.09. The SMILES string of the molecule is CC(C)c1ccc(COc2cccnc2NN)cc1. The molecule has 0 amide bonds. The number of nitrogens with one attached hydrogen (secondary N) is 1. The molecule has 0 atom stereocenters. The first-order chi connectivity index (χ1) is 9.20. The molecule has 0 bridgehead atoms. The van der Waals surface area contributed by atoms with E-state index in [1.807, 2.05) is 12.1 Å². The highest BCUT2D eigenvalue weighted by Crippen LogP contribution is 2.21. The summed E-state index contributed by atoms with van der Waals surface area (Å²) in [6, 6.07) is 12.1. The van der Waals surface area contributed by atoms with Crippen molar-refractivity contribution in [1.29, 1.82) is 0 Å². The first-order valence-electron chi connectivity index (χ1n) is 6.34. The molecule has 0 radical (unpaired) electrons. The third kappa shape index (κ3) is 3.45. The first kappa shape index (κ1) is 13.4. The van der Waals surface area contributed by atoms with Crippen molar-refractivity contribution in [2.75, 3.05) is 5.43 Å². The second-order valence-corrected chi connectivity index (χ2v) is 4.68. The Hall–Kier alpha value is -2.07. The van der Waals surface area contributed by atoms with Crippen LogP contribution in [0.2, 0.25) is 0 Å². The van der Waals surface area contributed by atoms with Crippen LogP contribution >= 0.6 is 0 Å². The van der Waals surface area contributed by atoms with Crippen LogP contribution in [0.3, 0.4) is 0 Å². The average molecular weight is 257 g/mol. The van der Waals surface area contributed by atoms with Crippen LogP contribution in [-0.4, -0.2) is 4.98 Å². The van der Waals surface area contributed by atoms with Gasteiger partial charge in [0.05, 0.1) is 0 Å². The summed E-state index contributed by atoms with van der Waals surface area (Å²) in [5.74, 6) is 7.12. The van der Waals surface area contributed by atoms with E-state index in [4.69, 9.17) is 10.6 Å². The van der Waals surface area contributed by atoms with Gasteiger partial charge in [0.25, 0.3) is 0 Å². The highest BCUT2D eigenvalue weighted by Gasteiger charge is 2.03. The molecular weight excluding hydrogens is 238 g/mol. The lowest BCUT2D eigenvalue weighted by Gasteiger charge is -2.11. The lowest BCUT2D eigenvalue weighted by Crippen LogP contribution is -2.10. The number of hydrogen-bond acceptors (Lipinski definition) is 4. The largest absolute Gasteiger partial charge is 0.485 e. The van der Waals surface area contributed by atoms with E-state index in [0.29, 0.717) is 24.1 Å². The number of benzene rings is 1.